The molecule has 0 saturated heterocycles. The fourth-order valence-electron chi connectivity index (χ4n) is 1.37. The summed E-state index contributed by atoms with van der Waals surface area (Å²) in [5.41, 5.74) is 0.294. The van der Waals surface area contributed by atoms with Gasteiger partial charge in [-0.3, -0.25) is 9.48 Å². The second kappa shape index (κ2) is 3.82. The first-order chi connectivity index (χ1) is 6.48. The number of aromatic nitrogens is 2. The van der Waals surface area contributed by atoms with Crippen LogP contribution >= 0.6 is 0 Å². The Morgan fingerprint density at radius 2 is 2.36 bits per heavy atom. The molecule has 0 fully saturated rings. The van der Waals surface area contributed by atoms with Crippen molar-refractivity contribution in [1.82, 2.24) is 9.78 Å². The lowest BCUT2D eigenvalue weighted by Gasteiger charge is -2.21. The lowest BCUT2D eigenvalue weighted by atomic mass is 9.82. The normalized spacial score (nSPS) is 15.1. The minimum atomic E-state index is -0.746. The fourth-order valence-corrected chi connectivity index (χ4v) is 1.37. The highest BCUT2D eigenvalue weighted by Gasteiger charge is 2.31. The predicted octanol–water partition coefficient (Wildman–Crippen LogP) is 1.46. The quantitative estimate of drug-likeness (QED) is 0.793. The van der Waals surface area contributed by atoms with Crippen LogP contribution in [0.4, 0.5) is 0 Å². The van der Waals surface area contributed by atoms with E-state index < -0.39 is 11.4 Å². The molecule has 0 aliphatic rings. The monoisotopic (exact) mass is 196 g/mol. The Kier molecular flexibility index (Phi) is 2.93. The molecular formula is C10H16N2O2. The Morgan fingerprint density at radius 1 is 1.71 bits per heavy atom. The molecule has 78 valence electrons. The summed E-state index contributed by atoms with van der Waals surface area (Å²) in [7, 11) is 1.83. The van der Waals surface area contributed by atoms with Crippen LogP contribution in [0.1, 0.15) is 25.8 Å². The molecule has 1 heterocycles. The lowest BCUT2D eigenvalue weighted by molar-refractivity contribution is -0.148. The largest absolute Gasteiger partial charge is 0.481 e. The van der Waals surface area contributed by atoms with Gasteiger partial charge in [0, 0.05) is 13.2 Å². The molecule has 1 aromatic heterocycles. The van der Waals surface area contributed by atoms with Gasteiger partial charge in [-0.15, -0.1) is 0 Å². The average molecular weight is 196 g/mol. The van der Waals surface area contributed by atoms with E-state index >= 15 is 0 Å². The van der Waals surface area contributed by atoms with Gasteiger partial charge in [0.25, 0.3) is 0 Å². The van der Waals surface area contributed by atoms with Crippen molar-refractivity contribution in [2.24, 2.45) is 12.5 Å². The van der Waals surface area contributed by atoms with Gasteiger partial charge in [0.2, 0.25) is 0 Å². The van der Waals surface area contributed by atoms with Crippen LogP contribution in [0.25, 0.3) is 0 Å². The fraction of sp³-hybridized carbons (Fsp3) is 0.600. The molecule has 1 aromatic rings. The number of hydrogen-bond donors (Lipinski definition) is 1. The van der Waals surface area contributed by atoms with Crippen LogP contribution in [0.5, 0.6) is 0 Å². The number of carboxylic acid groups (broad SMARTS) is 1. The van der Waals surface area contributed by atoms with E-state index in [4.69, 9.17) is 5.11 Å². The van der Waals surface area contributed by atoms with Crippen molar-refractivity contribution in [3.05, 3.63) is 18.0 Å². The number of hydrogen-bond acceptors (Lipinski definition) is 2. The van der Waals surface area contributed by atoms with E-state index in [1.165, 1.54) is 0 Å². The predicted molar refractivity (Wildman–Crippen MR) is 52.9 cm³/mol. The van der Waals surface area contributed by atoms with Crippen molar-refractivity contribution in [1.29, 1.82) is 0 Å². The number of carboxylic acids is 1. The molecular weight excluding hydrogens is 180 g/mol. The first-order valence-corrected chi connectivity index (χ1v) is 4.69. The highest BCUT2D eigenvalue weighted by molar-refractivity contribution is 5.74. The van der Waals surface area contributed by atoms with E-state index in [-0.39, 0.29) is 0 Å². The van der Waals surface area contributed by atoms with Crippen LogP contribution in [0.15, 0.2) is 12.4 Å². The standard InChI is InChI=1S/C10H16N2O2/c1-4-10(2,9(13)14)5-8-6-11-12(3)7-8/h6-7H,4-5H2,1-3H3,(H,13,14). The van der Waals surface area contributed by atoms with Crippen molar-refractivity contribution < 1.29 is 9.90 Å². The van der Waals surface area contributed by atoms with E-state index in [2.05, 4.69) is 5.10 Å². The summed E-state index contributed by atoms with van der Waals surface area (Å²) < 4.78 is 1.69. The van der Waals surface area contributed by atoms with E-state index in [9.17, 15) is 4.79 Å². The van der Waals surface area contributed by atoms with Gasteiger partial charge < -0.3 is 5.11 Å². The van der Waals surface area contributed by atoms with Gasteiger partial charge in [-0.05, 0) is 25.3 Å². The van der Waals surface area contributed by atoms with Crippen LogP contribution in [-0.4, -0.2) is 20.9 Å². The molecule has 4 nitrogen and oxygen atoms in total. The minimum Gasteiger partial charge on any atom is -0.481 e. The maximum Gasteiger partial charge on any atom is 0.309 e. The summed E-state index contributed by atoms with van der Waals surface area (Å²) in [5, 5.41) is 13.1. The average Bonchev–Trinajstić information content (AvgIpc) is 2.50. The van der Waals surface area contributed by atoms with Crippen LogP contribution in [-0.2, 0) is 18.3 Å². The molecule has 0 bridgehead atoms. The van der Waals surface area contributed by atoms with E-state index in [1.54, 1.807) is 17.8 Å². The Hall–Kier alpha value is -1.32. The Balaban J connectivity index is 2.80. The molecule has 14 heavy (non-hydrogen) atoms. The summed E-state index contributed by atoms with van der Waals surface area (Å²) in [6.07, 6.45) is 4.73. The third-order valence-corrected chi connectivity index (χ3v) is 2.65. The molecule has 1 N–H and O–H groups in total. The summed E-state index contributed by atoms with van der Waals surface area (Å²) in [4.78, 5) is 11.0. The molecule has 0 saturated carbocycles. The zero-order chi connectivity index (χ0) is 10.8. The van der Waals surface area contributed by atoms with Crippen molar-refractivity contribution in [2.45, 2.75) is 26.7 Å². The molecule has 1 rings (SSSR count). The van der Waals surface area contributed by atoms with E-state index in [0.717, 1.165) is 5.56 Å². The Bertz CT molecular complexity index is 333. The Morgan fingerprint density at radius 3 is 2.71 bits per heavy atom. The third kappa shape index (κ3) is 2.13. The SMILES string of the molecule is CCC(C)(Cc1cnn(C)c1)C(=O)O. The van der Waals surface area contributed by atoms with Gasteiger partial charge >= 0.3 is 5.97 Å². The van der Waals surface area contributed by atoms with Crippen LogP contribution in [0, 0.1) is 5.41 Å². The molecule has 0 amide bonds. The highest BCUT2D eigenvalue weighted by Crippen LogP contribution is 2.26. The van der Waals surface area contributed by atoms with Crippen molar-refractivity contribution in [2.75, 3.05) is 0 Å². The number of nitrogens with zero attached hydrogens (tertiary/aromatic N) is 2. The van der Waals surface area contributed by atoms with E-state index in [0.29, 0.717) is 12.8 Å². The smallest absolute Gasteiger partial charge is 0.309 e. The first kappa shape index (κ1) is 10.8. The van der Waals surface area contributed by atoms with Gasteiger partial charge in [-0.2, -0.15) is 5.10 Å². The molecule has 0 aliphatic heterocycles. The van der Waals surface area contributed by atoms with Crippen molar-refractivity contribution in [3.63, 3.8) is 0 Å². The summed E-state index contributed by atoms with van der Waals surface area (Å²) in [6.45, 7) is 3.66. The second-order valence-electron chi connectivity index (χ2n) is 3.92. The number of carbonyl (C=O) groups is 1. The summed E-state index contributed by atoms with van der Waals surface area (Å²) >= 11 is 0. The van der Waals surface area contributed by atoms with Gasteiger partial charge in [-0.25, -0.2) is 0 Å². The van der Waals surface area contributed by atoms with Crippen LogP contribution in [0.2, 0.25) is 0 Å². The zero-order valence-corrected chi connectivity index (χ0v) is 8.82. The summed E-state index contributed by atoms with van der Waals surface area (Å²) in [5.74, 6) is -0.746. The second-order valence-corrected chi connectivity index (χ2v) is 3.92. The molecule has 0 spiro atoms. The van der Waals surface area contributed by atoms with Crippen molar-refractivity contribution in [3.8, 4) is 0 Å². The molecule has 0 radical (unpaired) electrons. The number of rotatable bonds is 4. The Labute approximate surface area is 83.5 Å². The maximum atomic E-state index is 11.0. The van der Waals surface area contributed by atoms with Gasteiger partial charge in [0.05, 0.1) is 11.6 Å². The van der Waals surface area contributed by atoms with Gasteiger partial charge in [-0.1, -0.05) is 6.92 Å². The molecule has 1 atom stereocenters. The van der Waals surface area contributed by atoms with Crippen LogP contribution in [0.3, 0.4) is 0 Å². The summed E-state index contributed by atoms with van der Waals surface area (Å²) in [6, 6.07) is 0. The number of aryl methyl sites for hydroxylation is 1. The minimum absolute atomic E-state index is 0.534. The molecule has 0 aromatic carbocycles. The van der Waals surface area contributed by atoms with Gasteiger partial charge in [0.1, 0.15) is 0 Å². The topological polar surface area (TPSA) is 55.1 Å². The van der Waals surface area contributed by atoms with E-state index in [1.807, 2.05) is 20.2 Å². The highest BCUT2D eigenvalue weighted by atomic mass is 16.4. The van der Waals surface area contributed by atoms with Crippen LogP contribution < -0.4 is 0 Å². The zero-order valence-electron chi connectivity index (χ0n) is 8.82. The van der Waals surface area contributed by atoms with Gasteiger partial charge in [0.15, 0.2) is 0 Å². The molecule has 4 heteroatoms. The molecule has 1 unspecified atom stereocenters. The maximum absolute atomic E-state index is 11.0. The third-order valence-electron chi connectivity index (χ3n) is 2.65. The van der Waals surface area contributed by atoms with Crippen molar-refractivity contribution >= 4 is 5.97 Å². The lowest BCUT2D eigenvalue weighted by Crippen LogP contribution is -2.29. The first-order valence-electron chi connectivity index (χ1n) is 4.69. The number of aliphatic carboxylic acids is 1. The molecule has 0 aliphatic carbocycles.